The Hall–Kier alpha value is -1.57. The van der Waals surface area contributed by atoms with Crippen molar-refractivity contribution in [3.05, 3.63) is 12.0 Å². The van der Waals surface area contributed by atoms with Crippen LogP contribution in [-0.4, -0.2) is 34.7 Å². The van der Waals surface area contributed by atoms with Crippen LogP contribution in [0.2, 0.25) is 0 Å². The molecule has 0 radical (unpaired) electrons. The van der Waals surface area contributed by atoms with Gasteiger partial charge in [-0.1, -0.05) is 6.42 Å². The van der Waals surface area contributed by atoms with Crippen LogP contribution in [0.15, 0.2) is 6.33 Å². The molecule has 30 heavy (non-hydrogen) atoms. The maximum absolute atomic E-state index is 13.1. The standard InChI is InChI=1S/C22H33F3N4O/c1-14-20(28-21(30)17-5-6-18-11-26-8-7-16(18)10-17)27-13-29(14)12-15-3-2-4-19(9-15)22(23,24)25/h13,15-19,26H,2-12H2,1H3,(H,28,30). The van der Waals surface area contributed by atoms with Crippen LogP contribution >= 0.6 is 0 Å². The predicted octanol–water partition coefficient (Wildman–Crippen LogP) is 4.52. The molecule has 1 aliphatic heterocycles. The summed E-state index contributed by atoms with van der Waals surface area (Å²) < 4.78 is 41.2. The summed E-state index contributed by atoms with van der Waals surface area (Å²) in [6.45, 7) is 4.52. The van der Waals surface area contributed by atoms with Crippen LogP contribution in [0.25, 0.3) is 0 Å². The second-order valence-corrected chi connectivity index (χ2v) is 9.61. The number of anilines is 1. The number of piperidine rings is 1. The van der Waals surface area contributed by atoms with E-state index in [4.69, 9.17) is 0 Å². The molecule has 2 aliphatic carbocycles. The van der Waals surface area contributed by atoms with Crippen molar-refractivity contribution in [1.82, 2.24) is 14.9 Å². The lowest BCUT2D eigenvalue weighted by atomic mass is 9.71. The lowest BCUT2D eigenvalue weighted by Crippen LogP contribution is -2.42. The van der Waals surface area contributed by atoms with Crippen molar-refractivity contribution in [3.63, 3.8) is 0 Å². The average molecular weight is 427 g/mol. The molecule has 3 aliphatic rings. The van der Waals surface area contributed by atoms with E-state index >= 15 is 0 Å². The molecule has 0 bridgehead atoms. The quantitative estimate of drug-likeness (QED) is 0.744. The van der Waals surface area contributed by atoms with Gasteiger partial charge in [0.1, 0.15) is 0 Å². The Balaban J connectivity index is 1.33. The first-order chi connectivity index (χ1) is 14.3. The van der Waals surface area contributed by atoms with Gasteiger partial charge in [-0.2, -0.15) is 13.2 Å². The third-order valence-corrected chi connectivity index (χ3v) is 7.65. The van der Waals surface area contributed by atoms with Gasteiger partial charge in [0.15, 0.2) is 5.82 Å². The topological polar surface area (TPSA) is 59.0 Å². The molecule has 3 fully saturated rings. The van der Waals surface area contributed by atoms with Crippen LogP contribution in [0.3, 0.4) is 0 Å². The molecule has 5 atom stereocenters. The molecule has 168 valence electrons. The minimum atomic E-state index is -4.10. The number of aromatic nitrogens is 2. The Morgan fingerprint density at radius 3 is 2.83 bits per heavy atom. The number of nitrogens with one attached hydrogen (secondary N) is 2. The van der Waals surface area contributed by atoms with Crippen LogP contribution in [0.4, 0.5) is 19.0 Å². The predicted molar refractivity (Wildman–Crippen MR) is 109 cm³/mol. The van der Waals surface area contributed by atoms with Crippen molar-refractivity contribution in [2.75, 3.05) is 18.4 Å². The highest BCUT2D eigenvalue weighted by molar-refractivity contribution is 5.92. The second-order valence-electron chi connectivity index (χ2n) is 9.61. The number of hydrogen-bond donors (Lipinski definition) is 2. The van der Waals surface area contributed by atoms with Gasteiger partial charge in [-0.05, 0) is 82.7 Å². The van der Waals surface area contributed by atoms with E-state index in [-0.39, 0.29) is 30.6 Å². The molecule has 1 saturated heterocycles. The molecule has 4 rings (SSSR count). The van der Waals surface area contributed by atoms with E-state index in [0.29, 0.717) is 30.6 Å². The van der Waals surface area contributed by atoms with Crippen LogP contribution in [0.5, 0.6) is 0 Å². The van der Waals surface area contributed by atoms with Crippen molar-refractivity contribution in [1.29, 1.82) is 0 Å². The van der Waals surface area contributed by atoms with Crippen LogP contribution < -0.4 is 10.6 Å². The van der Waals surface area contributed by atoms with E-state index in [1.54, 1.807) is 6.33 Å². The Bertz CT molecular complexity index is 747. The Morgan fingerprint density at radius 2 is 2.03 bits per heavy atom. The van der Waals surface area contributed by atoms with Gasteiger partial charge in [0.05, 0.1) is 17.9 Å². The first-order valence-corrected chi connectivity index (χ1v) is 11.4. The van der Waals surface area contributed by atoms with Crippen LogP contribution in [-0.2, 0) is 11.3 Å². The minimum Gasteiger partial charge on any atom is -0.333 e. The number of hydrogen-bond acceptors (Lipinski definition) is 3. The highest BCUT2D eigenvalue weighted by Gasteiger charge is 2.42. The zero-order chi connectivity index (χ0) is 21.3. The van der Waals surface area contributed by atoms with E-state index in [0.717, 1.165) is 50.9 Å². The molecule has 1 amide bonds. The summed E-state index contributed by atoms with van der Waals surface area (Å²) in [5.41, 5.74) is 0.827. The summed E-state index contributed by atoms with van der Waals surface area (Å²) in [7, 11) is 0. The summed E-state index contributed by atoms with van der Waals surface area (Å²) in [4.78, 5) is 17.2. The summed E-state index contributed by atoms with van der Waals surface area (Å²) in [6, 6.07) is 0. The molecule has 5 nitrogen and oxygen atoms in total. The number of amides is 1. The van der Waals surface area contributed by atoms with Gasteiger partial charge < -0.3 is 15.2 Å². The fourth-order valence-corrected chi connectivity index (χ4v) is 5.76. The van der Waals surface area contributed by atoms with Gasteiger partial charge in [0.25, 0.3) is 0 Å². The zero-order valence-electron chi connectivity index (χ0n) is 17.7. The number of imidazole rings is 1. The Morgan fingerprint density at radius 1 is 1.20 bits per heavy atom. The summed E-state index contributed by atoms with van der Waals surface area (Å²) in [5, 5.41) is 6.45. The average Bonchev–Trinajstić information content (AvgIpc) is 3.06. The molecular formula is C22H33F3N4O. The number of nitrogens with zero attached hydrogens (tertiary/aromatic N) is 2. The molecule has 5 unspecified atom stereocenters. The lowest BCUT2D eigenvalue weighted by molar-refractivity contribution is -0.186. The van der Waals surface area contributed by atoms with Gasteiger partial charge in [-0.15, -0.1) is 0 Å². The normalized spacial score (nSPS) is 32.5. The number of fused-ring (bicyclic) bond motifs is 1. The molecule has 2 saturated carbocycles. The van der Waals surface area contributed by atoms with Crippen molar-refractivity contribution < 1.29 is 18.0 Å². The van der Waals surface area contributed by atoms with Gasteiger partial charge in [0.2, 0.25) is 5.91 Å². The summed E-state index contributed by atoms with van der Waals surface area (Å²) in [5.74, 6) is 0.744. The van der Waals surface area contributed by atoms with Gasteiger partial charge in [-0.3, -0.25) is 4.79 Å². The Kier molecular flexibility index (Phi) is 6.42. The van der Waals surface area contributed by atoms with Crippen molar-refractivity contribution in [2.24, 2.45) is 29.6 Å². The van der Waals surface area contributed by atoms with Crippen molar-refractivity contribution >= 4 is 11.7 Å². The molecule has 0 aromatic carbocycles. The van der Waals surface area contributed by atoms with Gasteiger partial charge in [0, 0.05) is 12.5 Å². The highest BCUT2D eigenvalue weighted by atomic mass is 19.4. The largest absolute Gasteiger partial charge is 0.391 e. The van der Waals surface area contributed by atoms with E-state index < -0.39 is 12.1 Å². The monoisotopic (exact) mass is 426 g/mol. The minimum absolute atomic E-state index is 0.00276. The first-order valence-electron chi connectivity index (χ1n) is 11.4. The Labute approximate surface area is 176 Å². The summed E-state index contributed by atoms with van der Waals surface area (Å²) >= 11 is 0. The molecule has 0 spiro atoms. The van der Waals surface area contributed by atoms with E-state index in [1.165, 1.54) is 0 Å². The number of carbonyl (C=O) groups excluding carboxylic acids is 1. The fraction of sp³-hybridized carbons (Fsp3) is 0.818. The first kappa shape index (κ1) is 21.7. The molecule has 1 aromatic heterocycles. The highest BCUT2D eigenvalue weighted by Crippen LogP contribution is 2.41. The van der Waals surface area contributed by atoms with Crippen LogP contribution in [0, 0.1) is 36.5 Å². The third kappa shape index (κ3) is 4.84. The SMILES string of the molecule is Cc1c(NC(=O)C2CCC3CNCCC3C2)ncn1CC1CCCC(C(F)(F)F)C1. The third-order valence-electron chi connectivity index (χ3n) is 7.65. The van der Waals surface area contributed by atoms with Gasteiger partial charge >= 0.3 is 6.18 Å². The van der Waals surface area contributed by atoms with E-state index in [2.05, 4.69) is 15.6 Å². The van der Waals surface area contributed by atoms with Crippen molar-refractivity contribution in [2.45, 2.75) is 71.0 Å². The maximum atomic E-state index is 13.1. The fourth-order valence-electron chi connectivity index (χ4n) is 5.76. The molecular weight excluding hydrogens is 393 g/mol. The molecule has 2 heterocycles. The number of halogens is 3. The molecule has 2 N–H and O–H groups in total. The van der Waals surface area contributed by atoms with E-state index in [1.807, 2.05) is 11.5 Å². The number of carbonyl (C=O) groups is 1. The maximum Gasteiger partial charge on any atom is 0.391 e. The second kappa shape index (κ2) is 8.89. The molecule has 8 heteroatoms. The lowest BCUT2D eigenvalue weighted by Gasteiger charge is -2.39. The van der Waals surface area contributed by atoms with Gasteiger partial charge in [-0.25, -0.2) is 4.98 Å². The smallest absolute Gasteiger partial charge is 0.333 e. The van der Waals surface area contributed by atoms with Crippen molar-refractivity contribution in [3.8, 4) is 0 Å². The number of alkyl halides is 3. The van der Waals surface area contributed by atoms with Crippen LogP contribution in [0.1, 0.15) is 57.1 Å². The van der Waals surface area contributed by atoms with E-state index in [9.17, 15) is 18.0 Å². The summed E-state index contributed by atoms with van der Waals surface area (Å²) in [6.07, 6.45) is 3.49. The number of rotatable bonds is 4. The molecule has 1 aromatic rings. The zero-order valence-corrected chi connectivity index (χ0v) is 17.7.